The Morgan fingerprint density at radius 1 is 0.962 bits per heavy atom. The summed E-state index contributed by atoms with van der Waals surface area (Å²) in [5, 5.41) is 11.5. The minimum atomic E-state index is 0.700. The summed E-state index contributed by atoms with van der Waals surface area (Å²) in [7, 11) is 0. The lowest BCUT2D eigenvalue weighted by Crippen LogP contribution is -2.28. The summed E-state index contributed by atoms with van der Waals surface area (Å²) >= 11 is 0. The lowest BCUT2D eigenvalue weighted by molar-refractivity contribution is 0.272. The van der Waals surface area contributed by atoms with Gasteiger partial charge in [0.05, 0.1) is 11.6 Å². The number of likely N-dealkylation sites (tertiary alicyclic amines) is 1. The van der Waals surface area contributed by atoms with Gasteiger partial charge in [-0.3, -0.25) is 0 Å². The minimum Gasteiger partial charge on any atom is -0.300 e. The SMILES string of the molecule is C[C@@H]1CCCN1CCc1ccc2cc(-c3ccc(C#N)cc3)ccc2c1. The van der Waals surface area contributed by atoms with E-state index >= 15 is 0 Å². The molecule has 0 spiro atoms. The summed E-state index contributed by atoms with van der Waals surface area (Å²) < 4.78 is 0. The molecule has 4 rings (SSSR count). The molecule has 0 aliphatic carbocycles. The number of fused-ring (bicyclic) bond motifs is 1. The fraction of sp³-hybridized carbons (Fsp3) is 0.292. The summed E-state index contributed by atoms with van der Waals surface area (Å²) in [6.07, 6.45) is 3.81. The molecule has 1 fully saturated rings. The number of nitrogens with zero attached hydrogens (tertiary/aromatic N) is 2. The van der Waals surface area contributed by atoms with Crippen molar-refractivity contribution in [2.75, 3.05) is 13.1 Å². The highest BCUT2D eigenvalue weighted by Gasteiger charge is 2.19. The molecule has 130 valence electrons. The summed E-state index contributed by atoms with van der Waals surface area (Å²) in [6.45, 7) is 4.76. The number of nitriles is 1. The van der Waals surface area contributed by atoms with Crippen molar-refractivity contribution in [3.05, 3.63) is 71.8 Å². The van der Waals surface area contributed by atoms with E-state index in [2.05, 4.69) is 54.3 Å². The largest absolute Gasteiger partial charge is 0.300 e. The quantitative estimate of drug-likeness (QED) is 0.635. The number of rotatable bonds is 4. The van der Waals surface area contributed by atoms with E-state index in [9.17, 15) is 0 Å². The molecular formula is C24H24N2. The van der Waals surface area contributed by atoms with Gasteiger partial charge in [-0.15, -0.1) is 0 Å². The van der Waals surface area contributed by atoms with Crippen LogP contribution >= 0.6 is 0 Å². The zero-order chi connectivity index (χ0) is 17.9. The molecular weight excluding hydrogens is 316 g/mol. The lowest BCUT2D eigenvalue weighted by atomic mass is 9.98. The third-order valence-electron chi connectivity index (χ3n) is 5.63. The maximum atomic E-state index is 8.94. The van der Waals surface area contributed by atoms with E-state index in [1.807, 2.05) is 24.3 Å². The lowest BCUT2D eigenvalue weighted by Gasteiger charge is -2.20. The van der Waals surface area contributed by atoms with Crippen LogP contribution in [0.15, 0.2) is 60.7 Å². The predicted molar refractivity (Wildman–Crippen MR) is 108 cm³/mol. The molecule has 0 N–H and O–H groups in total. The first-order valence-electron chi connectivity index (χ1n) is 9.50. The summed E-state index contributed by atoms with van der Waals surface area (Å²) in [4.78, 5) is 2.61. The summed E-state index contributed by atoms with van der Waals surface area (Å²) in [6, 6.07) is 24.2. The van der Waals surface area contributed by atoms with Gasteiger partial charge in [0.15, 0.2) is 0 Å². The molecule has 2 nitrogen and oxygen atoms in total. The van der Waals surface area contributed by atoms with Crippen LogP contribution in [0.5, 0.6) is 0 Å². The van der Waals surface area contributed by atoms with E-state index < -0.39 is 0 Å². The Morgan fingerprint density at radius 2 is 1.69 bits per heavy atom. The number of benzene rings is 3. The van der Waals surface area contributed by atoms with E-state index in [-0.39, 0.29) is 0 Å². The van der Waals surface area contributed by atoms with Gasteiger partial charge in [0.2, 0.25) is 0 Å². The Labute approximate surface area is 155 Å². The first kappa shape index (κ1) is 16.8. The van der Waals surface area contributed by atoms with E-state index in [0.29, 0.717) is 5.56 Å². The van der Waals surface area contributed by atoms with Crippen LogP contribution in [0.3, 0.4) is 0 Å². The highest BCUT2D eigenvalue weighted by molar-refractivity contribution is 5.87. The molecule has 2 heteroatoms. The minimum absolute atomic E-state index is 0.700. The highest BCUT2D eigenvalue weighted by atomic mass is 15.2. The molecule has 0 radical (unpaired) electrons. The van der Waals surface area contributed by atoms with E-state index in [0.717, 1.165) is 24.6 Å². The predicted octanol–water partition coefficient (Wildman–Crippen LogP) is 5.41. The van der Waals surface area contributed by atoms with E-state index in [1.54, 1.807) is 0 Å². The van der Waals surface area contributed by atoms with Gasteiger partial charge in [-0.1, -0.05) is 42.5 Å². The molecule has 0 saturated carbocycles. The Kier molecular flexibility index (Phi) is 4.73. The second-order valence-corrected chi connectivity index (χ2v) is 7.36. The Balaban J connectivity index is 1.53. The molecule has 3 aromatic rings. The molecule has 0 amide bonds. The molecule has 1 saturated heterocycles. The Bertz CT molecular complexity index is 950. The van der Waals surface area contributed by atoms with E-state index in [4.69, 9.17) is 5.26 Å². The first-order chi connectivity index (χ1) is 12.7. The van der Waals surface area contributed by atoms with Crippen LogP contribution in [0.1, 0.15) is 30.9 Å². The summed E-state index contributed by atoms with van der Waals surface area (Å²) in [5.41, 5.74) is 4.47. The van der Waals surface area contributed by atoms with Crippen LogP contribution in [0.4, 0.5) is 0 Å². The fourth-order valence-corrected chi connectivity index (χ4v) is 3.97. The second-order valence-electron chi connectivity index (χ2n) is 7.36. The number of hydrogen-bond acceptors (Lipinski definition) is 2. The molecule has 1 aliphatic heterocycles. The zero-order valence-electron chi connectivity index (χ0n) is 15.3. The number of hydrogen-bond donors (Lipinski definition) is 0. The average molecular weight is 340 g/mol. The smallest absolute Gasteiger partial charge is 0.0991 e. The van der Waals surface area contributed by atoms with Crippen LogP contribution in [0.25, 0.3) is 21.9 Å². The standard InChI is InChI=1S/C24H24N2/c1-18-3-2-13-26(18)14-12-19-4-9-24-16-23(11-10-22(24)15-19)21-7-5-20(17-25)6-8-21/h4-11,15-16,18H,2-3,12-14H2,1H3/t18-/m1/s1. The zero-order valence-corrected chi connectivity index (χ0v) is 15.3. The molecule has 0 unspecified atom stereocenters. The van der Waals surface area contributed by atoms with Crippen molar-refractivity contribution >= 4 is 10.8 Å². The highest BCUT2D eigenvalue weighted by Crippen LogP contribution is 2.26. The van der Waals surface area contributed by atoms with Gasteiger partial charge in [-0.25, -0.2) is 0 Å². The van der Waals surface area contributed by atoms with Crippen molar-refractivity contribution in [3.63, 3.8) is 0 Å². The van der Waals surface area contributed by atoms with Crippen molar-refractivity contribution < 1.29 is 0 Å². The first-order valence-corrected chi connectivity index (χ1v) is 9.50. The summed E-state index contributed by atoms with van der Waals surface area (Å²) in [5.74, 6) is 0. The fourth-order valence-electron chi connectivity index (χ4n) is 3.97. The van der Waals surface area contributed by atoms with Crippen LogP contribution in [0.2, 0.25) is 0 Å². The van der Waals surface area contributed by atoms with E-state index in [1.165, 1.54) is 41.3 Å². The maximum absolute atomic E-state index is 8.94. The maximum Gasteiger partial charge on any atom is 0.0991 e. The van der Waals surface area contributed by atoms with Crippen LogP contribution in [0, 0.1) is 11.3 Å². The van der Waals surface area contributed by atoms with Crippen molar-refractivity contribution in [1.82, 2.24) is 4.90 Å². The van der Waals surface area contributed by atoms with Crippen molar-refractivity contribution in [2.45, 2.75) is 32.2 Å². The third kappa shape index (κ3) is 3.49. The second kappa shape index (κ2) is 7.32. The van der Waals surface area contributed by atoms with Crippen molar-refractivity contribution in [2.24, 2.45) is 0 Å². The Hall–Kier alpha value is -2.63. The molecule has 1 aliphatic rings. The molecule has 26 heavy (non-hydrogen) atoms. The average Bonchev–Trinajstić information content (AvgIpc) is 3.10. The van der Waals surface area contributed by atoms with Crippen LogP contribution < -0.4 is 0 Å². The van der Waals surface area contributed by atoms with Crippen LogP contribution in [-0.4, -0.2) is 24.0 Å². The monoisotopic (exact) mass is 340 g/mol. The van der Waals surface area contributed by atoms with Gasteiger partial charge < -0.3 is 4.90 Å². The van der Waals surface area contributed by atoms with Crippen molar-refractivity contribution in [3.8, 4) is 17.2 Å². The van der Waals surface area contributed by atoms with Gasteiger partial charge in [-0.2, -0.15) is 5.26 Å². The topological polar surface area (TPSA) is 27.0 Å². The molecule has 1 heterocycles. The normalized spacial score (nSPS) is 17.5. The molecule has 1 atom stereocenters. The van der Waals surface area contributed by atoms with Crippen LogP contribution in [-0.2, 0) is 6.42 Å². The molecule has 0 bridgehead atoms. The third-order valence-corrected chi connectivity index (χ3v) is 5.63. The van der Waals surface area contributed by atoms with Gasteiger partial charge >= 0.3 is 0 Å². The molecule has 0 aromatic heterocycles. The molecule has 3 aromatic carbocycles. The van der Waals surface area contributed by atoms with Gasteiger partial charge in [0.1, 0.15) is 0 Å². The van der Waals surface area contributed by atoms with Gasteiger partial charge in [0.25, 0.3) is 0 Å². The van der Waals surface area contributed by atoms with Crippen molar-refractivity contribution in [1.29, 1.82) is 5.26 Å². The van der Waals surface area contributed by atoms with Gasteiger partial charge in [-0.05, 0) is 78.4 Å². The Morgan fingerprint density at radius 3 is 2.42 bits per heavy atom. The van der Waals surface area contributed by atoms with Gasteiger partial charge in [0, 0.05) is 12.6 Å².